The largest absolute Gasteiger partial charge is 0.573 e. The van der Waals surface area contributed by atoms with Crippen molar-refractivity contribution >= 4 is 15.7 Å². The molecule has 28 heavy (non-hydrogen) atoms. The van der Waals surface area contributed by atoms with E-state index in [1.807, 2.05) is 6.92 Å². The molecule has 2 heterocycles. The fourth-order valence-corrected chi connectivity index (χ4v) is 3.93. The minimum absolute atomic E-state index is 0.183. The molecule has 2 aromatic heterocycles. The van der Waals surface area contributed by atoms with Crippen LogP contribution < -0.4 is 9.46 Å². The number of hydrogen-bond acceptors (Lipinski definition) is 5. The lowest BCUT2D eigenvalue weighted by atomic mass is 10.2. The van der Waals surface area contributed by atoms with Crippen LogP contribution in [0.5, 0.6) is 5.75 Å². The molecule has 11 heteroatoms. The van der Waals surface area contributed by atoms with Crippen molar-refractivity contribution < 1.29 is 26.3 Å². The second-order valence-electron chi connectivity index (χ2n) is 5.97. The van der Waals surface area contributed by atoms with Crippen molar-refractivity contribution in [2.75, 3.05) is 0 Å². The van der Waals surface area contributed by atoms with Gasteiger partial charge in [-0.15, -0.1) is 23.4 Å². The number of halogens is 3. The zero-order chi connectivity index (χ0) is 20.4. The Morgan fingerprint density at radius 2 is 1.86 bits per heavy atom. The van der Waals surface area contributed by atoms with Crippen molar-refractivity contribution in [3.05, 3.63) is 54.5 Å². The fourth-order valence-electron chi connectivity index (χ4n) is 2.70. The smallest absolute Gasteiger partial charge is 0.406 e. The summed E-state index contributed by atoms with van der Waals surface area (Å²) in [6.45, 7) is 1.90. The topological polar surface area (TPSA) is 85.6 Å². The summed E-state index contributed by atoms with van der Waals surface area (Å²) in [6, 6.07) is 8.65. The van der Waals surface area contributed by atoms with Gasteiger partial charge in [-0.05, 0) is 42.8 Å². The molecule has 0 amide bonds. The van der Waals surface area contributed by atoms with E-state index in [4.69, 9.17) is 0 Å². The maximum absolute atomic E-state index is 12.7. The van der Waals surface area contributed by atoms with Crippen LogP contribution >= 0.6 is 0 Å². The van der Waals surface area contributed by atoms with Crippen LogP contribution in [0.4, 0.5) is 13.2 Å². The van der Waals surface area contributed by atoms with Crippen LogP contribution in [0.25, 0.3) is 5.65 Å². The van der Waals surface area contributed by atoms with Gasteiger partial charge in [0.2, 0.25) is 10.0 Å². The lowest BCUT2D eigenvalue weighted by molar-refractivity contribution is -0.274. The Bertz CT molecular complexity index is 1050. The van der Waals surface area contributed by atoms with E-state index in [9.17, 15) is 21.6 Å². The summed E-state index contributed by atoms with van der Waals surface area (Å²) in [5.74, 6) is -0.0712. The van der Waals surface area contributed by atoms with Gasteiger partial charge in [0.25, 0.3) is 0 Å². The van der Waals surface area contributed by atoms with Crippen LogP contribution in [0.1, 0.15) is 31.6 Å². The normalized spacial score (nSPS) is 13.6. The predicted octanol–water partition coefficient (Wildman–Crippen LogP) is 3.45. The number of fused-ring (bicyclic) bond motifs is 1. The fraction of sp³-hybridized carbons (Fsp3) is 0.294. The number of nitrogens with zero attached hydrogens (tertiary/aromatic N) is 3. The molecule has 0 spiro atoms. The average molecular weight is 414 g/mol. The van der Waals surface area contributed by atoms with Gasteiger partial charge < -0.3 is 4.74 Å². The van der Waals surface area contributed by atoms with Crippen LogP contribution in [-0.4, -0.2) is 29.4 Å². The lowest BCUT2D eigenvalue weighted by Crippen LogP contribution is -2.30. The van der Waals surface area contributed by atoms with Crippen LogP contribution in [0.3, 0.4) is 0 Å². The van der Waals surface area contributed by atoms with E-state index in [0.717, 1.165) is 24.3 Å². The Balaban J connectivity index is 1.86. The van der Waals surface area contributed by atoms with Crippen molar-refractivity contribution in [2.24, 2.45) is 0 Å². The Hall–Kier alpha value is -2.66. The van der Waals surface area contributed by atoms with Crippen molar-refractivity contribution in [3.63, 3.8) is 0 Å². The third-order valence-electron chi connectivity index (χ3n) is 3.89. The van der Waals surface area contributed by atoms with Gasteiger partial charge in [0.15, 0.2) is 11.5 Å². The molecule has 0 fully saturated rings. The van der Waals surface area contributed by atoms with Crippen LogP contribution in [-0.2, 0) is 10.0 Å². The molecule has 0 unspecified atom stereocenters. The van der Waals surface area contributed by atoms with E-state index < -0.39 is 28.2 Å². The highest BCUT2D eigenvalue weighted by atomic mass is 32.2. The molecule has 1 N–H and O–H groups in total. The number of hydrogen-bond donors (Lipinski definition) is 1. The summed E-state index contributed by atoms with van der Waals surface area (Å²) in [5, 5.41) is 8.11. The predicted molar refractivity (Wildman–Crippen MR) is 94.1 cm³/mol. The van der Waals surface area contributed by atoms with E-state index in [0.29, 0.717) is 24.3 Å². The molecule has 0 saturated carbocycles. The number of pyridine rings is 1. The van der Waals surface area contributed by atoms with Gasteiger partial charge in [-0.2, -0.15) is 0 Å². The number of sulfonamides is 1. The molecular formula is C17H17F3N4O3S. The first kappa shape index (κ1) is 20.1. The Labute approximate surface area is 159 Å². The SMILES string of the molecule is CCC[C@@H](NS(=O)(=O)c1ccc(OC(F)(F)F)cc1)c1nnc2ccccn12. The number of rotatable bonds is 7. The van der Waals surface area contributed by atoms with Gasteiger partial charge in [-0.25, -0.2) is 13.1 Å². The van der Waals surface area contributed by atoms with Crippen LogP contribution in [0.15, 0.2) is 53.6 Å². The summed E-state index contributed by atoms with van der Waals surface area (Å²) >= 11 is 0. The first-order chi connectivity index (χ1) is 13.2. The molecule has 1 atom stereocenters. The van der Waals surface area contributed by atoms with E-state index in [1.54, 1.807) is 28.8 Å². The molecule has 7 nitrogen and oxygen atoms in total. The van der Waals surface area contributed by atoms with Crippen molar-refractivity contribution in [3.8, 4) is 5.75 Å². The molecule has 150 valence electrons. The molecule has 0 saturated heterocycles. The molecule has 3 rings (SSSR count). The molecule has 0 aliphatic rings. The summed E-state index contributed by atoms with van der Waals surface area (Å²) in [7, 11) is -4.00. The standard InChI is InChI=1S/C17H17F3N4O3S/c1-2-5-14(16-22-21-15-6-3-4-11-24(15)16)23-28(25,26)13-9-7-12(8-10-13)27-17(18,19)20/h3-4,6-11,14,23H,2,5H2,1H3/t14-/m1/s1. The van der Waals surface area contributed by atoms with Gasteiger partial charge in [0.05, 0.1) is 10.9 Å². The zero-order valence-corrected chi connectivity index (χ0v) is 15.5. The quantitative estimate of drug-likeness (QED) is 0.640. The van der Waals surface area contributed by atoms with E-state index in [1.165, 1.54) is 0 Å². The third-order valence-corrected chi connectivity index (χ3v) is 5.38. The highest BCUT2D eigenvalue weighted by molar-refractivity contribution is 7.89. The number of ether oxygens (including phenoxy) is 1. The van der Waals surface area contributed by atoms with Crippen molar-refractivity contribution in [1.82, 2.24) is 19.3 Å². The van der Waals surface area contributed by atoms with Crippen LogP contribution in [0.2, 0.25) is 0 Å². The van der Waals surface area contributed by atoms with E-state index >= 15 is 0 Å². The van der Waals surface area contributed by atoms with E-state index in [-0.39, 0.29) is 4.90 Å². The number of nitrogens with one attached hydrogen (secondary N) is 1. The first-order valence-electron chi connectivity index (χ1n) is 8.37. The van der Waals surface area contributed by atoms with Gasteiger partial charge in [0, 0.05) is 6.20 Å². The highest BCUT2D eigenvalue weighted by Crippen LogP contribution is 2.25. The summed E-state index contributed by atoms with van der Waals surface area (Å²) < 4.78 is 70.2. The number of alkyl halides is 3. The maximum atomic E-state index is 12.7. The summed E-state index contributed by atoms with van der Waals surface area (Å²) in [4.78, 5) is -0.183. The minimum atomic E-state index is -4.85. The van der Waals surface area contributed by atoms with Crippen molar-refractivity contribution in [1.29, 1.82) is 0 Å². The van der Waals surface area contributed by atoms with Gasteiger partial charge in [0.1, 0.15) is 5.75 Å². The third kappa shape index (κ3) is 4.60. The molecular weight excluding hydrogens is 397 g/mol. The van der Waals surface area contributed by atoms with E-state index in [2.05, 4.69) is 19.7 Å². The molecule has 0 aliphatic heterocycles. The molecule has 0 radical (unpaired) electrons. The Morgan fingerprint density at radius 3 is 2.50 bits per heavy atom. The van der Waals surface area contributed by atoms with Crippen molar-refractivity contribution in [2.45, 2.75) is 37.1 Å². The second kappa shape index (κ2) is 7.76. The Morgan fingerprint density at radius 1 is 1.14 bits per heavy atom. The lowest BCUT2D eigenvalue weighted by Gasteiger charge is -2.17. The monoisotopic (exact) mass is 414 g/mol. The molecule has 3 aromatic rings. The van der Waals surface area contributed by atoms with Gasteiger partial charge in [-0.3, -0.25) is 4.40 Å². The zero-order valence-electron chi connectivity index (χ0n) is 14.7. The maximum Gasteiger partial charge on any atom is 0.573 e. The summed E-state index contributed by atoms with van der Waals surface area (Å²) in [6.07, 6.45) is -1.98. The second-order valence-corrected chi connectivity index (χ2v) is 7.68. The molecule has 1 aromatic carbocycles. The minimum Gasteiger partial charge on any atom is -0.406 e. The summed E-state index contributed by atoms with van der Waals surface area (Å²) in [5.41, 5.74) is 0.575. The average Bonchev–Trinajstić information content (AvgIpc) is 3.04. The molecule has 0 bridgehead atoms. The first-order valence-corrected chi connectivity index (χ1v) is 9.86. The van der Waals surface area contributed by atoms with Gasteiger partial charge >= 0.3 is 6.36 Å². The van der Waals surface area contributed by atoms with Crippen LogP contribution in [0, 0.1) is 0 Å². The van der Waals surface area contributed by atoms with Gasteiger partial charge in [-0.1, -0.05) is 19.4 Å². The Kier molecular flexibility index (Phi) is 5.57. The molecule has 0 aliphatic carbocycles. The highest BCUT2D eigenvalue weighted by Gasteiger charge is 2.31. The number of aromatic nitrogens is 3. The number of benzene rings is 1.